The summed E-state index contributed by atoms with van der Waals surface area (Å²) in [4.78, 5) is 23.6. The molecule has 0 aliphatic carbocycles. The van der Waals surface area contributed by atoms with Gasteiger partial charge >= 0.3 is 12.0 Å². The Morgan fingerprint density at radius 1 is 1.44 bits per heavy atom. The Kier molecular flexibility index (Phi) is 7.47. The predicted octanol–water partition coefficient (Wildman–Crippen LogP) is 0.156. The number of nitrogens with zero attached hydrogens (tertiary/aromatic N) is 2. The molecule has 0 aromatic carbocycles. The zero-order valence-electron chi connectivity index (χ0n) is 10.6. The molecule has 0 saturated carbocycles. The first kappa shape index (κ1) is 16.2. The Morgan fingerprint density at radius 2 is 2.06 bits per heavy atom. The standard InChI is InChI=1S/C11H19N3O4/c1-8(2)14(7-3-5-12)11(18)13-6-4-9(15)10(16)17/h8-9,15H,3-4,6-7H2,1-2H3,(H,13,18)(H,16,17)/t9-/m0/s1. The van der Waals surface area contributed by atoms with Gasteiger partial charge in [0, 0.05) is 25.6 Å². The molecule has 102 valence electrons. The van der Waals surface area contributed by atoms with Gasteiger partial charge in [0.15, 0.2) is 6.10 Å². The van der Waals surface area contributed by atoms with Gasteiger partial charge in [-0.3, -0.25) is 0 Å². The van der Waals surface area contributed by atoms with Crippen LogP contribution in [0, 0.1) is 11.3 Å². The molecule has 0 spiro atoms. The van der Waals surface area contributed by atoms with Gasteiger partial charge in [0.1, 0.15) is 0 Å². The van der Waals surface area contributed by atoms with Crippen molar-refractivity contribution >= 4 is 12.0 Å². The summed E-state index contributed by atoms with van der Waals surface area (Å²) in [5, 5.41) is 28.5. The molecule has 0 bridgehead atoms. The number of carboxylic acids is 1. The third kappa shape index (κ3) is 6.06. The Labute approximate surface area is 106 Å². The summed E-state index contributed by atoms with van der Waals surface area (Å²) < 4.78 is 0. The molecule has 1 atom stereocenters. The van der Waals surface area contributed by atoms with Crippen molar-refractivity contribution < 1.29 is 19.8 Å². The number of carboxylic acid groups (broad SMARTS) is 1. The topological polar surface area (TPSA) is 114 Å². The lowest BCUT2D eigenvalue weighted by Crippen LogP contribution is -2.45. The molecule has 0 saturated heterocycles. The van der Waals surface area contributed by atoms with Crippen molar-refractivity contribution in [3.8, 4) is 6.07 Å². The minimum absolute atomic E-state index is 0.0503. The molecule has 7 heteroatoms. The number of aliphatic carboxylic acids is 1. The minimum atomic E-state index is -1.48. The zero-order chi connectivity index (χ0) is 14.1. The minimum Gasteiger partial charge on any atom is -0.479 e. The van der Waals surface area contributed by atoms with Crippen LogP contribution in [0.2, 0.25) is 0 Å². The number of aliphatic hydroxyl groups is 1. The fourth-order valence-corrected chi connectivity index (χ4v) is 1.31. The van der Waals surface area contributed by atoms with Crippen LogP contribution in [0.4, 0.5) is 4.79 Å². The van der Waals surface area contributed by atoms with Crippen molar-refractivity contribution in [3.63, 3.8) is 0 Å². The summed E-state index contributed by atoms with van der Waals surface area (Å²) in [6.45, 7) is 4.04. The molecule has 0 aliphatic heterocycles. The van der Waals surface area contributed by atoms with Crippen molar-refractivity contribution in [1.82, 2.24) is 10.2 Å². The number of carbonyl (C=O) groups excluding carboxylic acids is 1. The average Bonchev–Trinajstić information content (AvgIpc) is 2.28. The predicted molar refractivity (Wildman–Crippen MR) is 63.7 cm³/mol. The first-order valence-electron chi connectivity index (χ1n) is 5.72. The van der Waals surface area contributed by atoms with Crippen LogP contribution in [0.5, 0.6) is 0 Å². The van der Waals surface area contributed by atoms with E-state index in [0.717, 1.165) is 0 Å². The van der Waals surface area contributed by atoms with Gasteiger partial charge < -0.3 is 20.4 Å². The van der Waals surface area contributed by atoms with Crippen LogP contribution in [0.3, 0.4) is 0 Å². The molecule has 0 unspecified atom stereocenters. The number of hydrogen-bond donors (Lipinski definition) is 3. The van der Waals surface area contributed by atoms with E-state index in [1.807, 2.05) is 19.9 Å². The number of aliphatic hydroxyl groups excluding tert-OH is 1. The molecule has 3 N–H and O–H groups in total. The summed E-state index contributed by atoms with van der Waals surface area (Å²) in [7, 11) is 0. The van der Waals surface area contributed by atoms with Gasteiger partial charge in [-0.15, -0.1) is 0 Å². The van der Waals surface area contributed by atoms with E-state index < -0.39 is 12.1 Å². The van der Waals surface area contributed by atoms with E-state index >= 15 is 0 Å². The second-order valence-corrected chi connectivity index (χ2v) is 4.07. The molecule has 18 heavy (non-hydrogen) atoms. The monoisotopic (exact) mass is 257 g/mol. The van der Waals surface area contributed by atoms with E-state index in [-0.39, 0.29) is 31.5 Å². The number of nitriles is 1. The largest absolute Gasteiger partial charge is 0.479 e. The Morgan fingerprint density at radius 3 is 2.50 bits per heavy atom. The zero-order valence-corrected chi connectivity index (χ0v) is 10.6. The van der Waals surface area contributed by atoms with Crippen molar-refractivity contribution in [2.45, 2.75) is 38.8 Å². The van der Waals surface area contributed by atoms with Crippen LogP contribution in [0.1, 0.15) is 26.7 Å². The second-order valence-electron chi connectivity index (χ2n) is 4.07. The lowest BCUT2D eigenvalue weighted by molar-refractivity contribution is -0.146. The van der Waals surface area contributed by atoms with Crippen LogP contribution >= 0.6 is 0 Å². The summed E-state index contributed by atoms with van der Waals surface area (Å²) in [5.41, 5.74) is 0. The third-order valence-corrected chi connectivity index (χ3v) is 2.33. The van der Waals surface area contributed by atoms with E-state index in [1.54, 1.807) is 0 Å². The molecule has 0 radical (unpaired) electrons. The van der Waals surface area contributed by atoms with E-state index in [1.165, 1.54) is 4.90 Å². The van der Waals surface area contributed by atoms with Crippen LogP contribution < -0.4 is 5.32 Å². The Hall–Kier alpha value is -1.81. The Balaban J connectivity index is 4.11. The van der Waals surface area contributed by atoms with Crippen LogP contribution in [0.15, 0.2) is 0 Å². The summed E-state index contributed by atoms with van der Waals surface area (Å²) >= 11 is 0. The molecular formula is C11H19N3O4. The molecule has 0 heterocycles. The third-order valence-electron chi connectivity index (χ3n) is 2.33. The lowest BCUT2D eigenvalue weighted by Gasteiger charge is -2.26. The summed E-state index contributed by atoms with van der Waals surface area (Å²) in [6, 6.07) is 1.54. The summed E-state index contributed by atoms with van der Waals surface area (Å²) in [6.07, 6.45) is -1.29. The van der Waals surface area contributed by atoms with Crippen LogP contribution in [-0.4, -0.2) is 52.3 Å². The second kappa shape index (κ2) is 8.31. The molecular weight excluding hydrogens is 238 g/mol. The van der Waals surface area contributed by atoms with Gasteiger partial charge in [0.05, 0.1) is 12.5 Å². The highest BCUT2D eigenvalue weighted by Gasteiger charge is 2.17. The van der Waals surface area contributed by atoms with Gasteiger partial charge in [-0.05, 0) is 13.8 Å². The molecule has 0 rings (SSSR count). The molecule has 7 nitrogen and oxygen atoms in total. The van der Waals surface area contributed by atoms with Crippen molar-refractivity contribution in [2.75, 3.05) is 13.1 Å². The number of amides is 2. The average molecular weight is 257 g/mol. The molecule has 0 aliphatic rings. The maximum Gasteiger partial charge on any atom is 0.332 e. The van der Waals surface area contributed by atoms with E-state index in [4.69, 9.17) is 15.5 Å². The van der Waals surface area contributed by atoms with Gasteiger partial charge in [-0.25, -0.2) is 9.59 Å². The van der Waals surface area contributed by atoms with Gasteiger partial charge in [-0.2, -0.15) is 5.26 Å². The van der Waals surface area contributed by atoms with E-state index in [2.05, 4.69) is 5.32 Å². The normalized spacial score (nSPS) is 11.7. The van der Waals surface area contributed by atoms with Crippen LogP contribution in [0.25, 0.3) is 0 Å². The number of rotatable bonds is 7. The van der Waals surface area contributed by atoms with Crippen LogP contribution in [-0.2, 0) is 4.79 Å². The van der Waals surface area contributed by atoms with Crippen molar-refractivity contribution in [2.24, 2.45) is 0 Å². The fourth-order valence-electron chi connectivity index (χ4n) is 1.31. The lowest BCUT2D eigenvalue weighted by atomic mass is 10.2. The number of carbonyl (C=O) groups is 2. The van der Waals surface area contributed by atoms with Gasteiger partial charge in [0.2, 0.25) is 0 Å². The van der Waals surface area contributed by atoms with Crippen molar-refractivity contribution in [1.29, 1.82) is 5.26 Å². The first-order valence-corrected chi connectivity index (χ1v) is 5.72. The smallest absolute Gasteiger partial charge is 0.332 e. The number of urea groups is 1. The van der Waals surface area contributed by atoms with E-state index in [9.17, 15) is 9.59 Å². The first-order chi connectivity index (χ1) is 8.40. The van der Waals surface area contributed by atoms with E-state index in [0.29, 0.717) is 6.54 Å². The molecule has 0 fully saturated rings. The fraction of sp³-hybridized carbons (Fsp3) is 0.727. The SMILES string of the molecule is CC(C)N(CCC#N)C(=O)NCC[C@H](O)C(=O)O. The quantitative estimate of drug-likeness (QED) is 0.601. The highest BCUT2D eigenvalue weighted by atomic mass is 16.4. The number of nitrogens with one attached hydrogen (secondary N) is 1. The highest BCUT2D eigenvalue weighted by molar-refractivity contribution is 5.75. The molecule has 2 amide bonds. The molecule has 0 aromatic rings. The molecule has 0 aromatic heterocycles. The maximum atomic E-state index is 11.7. The maximum absolute atomic E-state index is 11.7. The number of hydrogen-bond acceptors (Lipinski definition) is 4. The van der Waals surface area contributed by atoms with Crippen molar-refractivity contribution in [3.05, 3.63) is 0 Å². The summed E-state index contributed by atoms with van der Waals surface area (Å²) in [5.74, 6) is -1.31. The van der Waals surface area contributed by atoms with Gasteiger partial charge in [-0.1, -0.05) is 0 Å². The Bertz CT molecular complexity index is 325. The van der Waals surface area contributed by atoms with Gasteiger partial charge in [0.25, 0.3) is 0 Å². The highest BCUT2D eigenvalue weighted by Crippen LogP contribution is 2.00.